The second-order valence-corrected chi connectivity index (χ2v) is 4.68. The Morgan fingerprint density at radius 2 is 2.32 bits per heavy atom. The molecule has 0 spiro atoms. The summed E-state index contributed by atoms with van der Waals surface area (Å²) < 4.78 is 13.5. The lowest BCUT2D eigenvalue weighted by Crippen LogP contribution is -2.39. The summed E-state index contributed by atoms with van der Waals surface area (Å²) in [6.07, 6.45) is -1.05. The van der Waals surface area contributed by atoms with Gasteiger partial charge in [0.05, 0.1) is 6.10 Å². The molecule has 2 atom stereocenters. The fourth-order valence-electron chi connectivity index (χ4n) is 1.86. The molecule has 19 heavy (non-hydrogen) atoms. The van der Waals surface area contributed by atoms with Gasteiger partial charge in [-0.2, -0.15) is 0 Å². The van der Waals surface area contributed by atoms with Gasteiger partial charge in [-0.3, -0.25) is 9.59 Å². The van der Waals surface area contributed by atoms with Gasteiger partial charge < -0.3 is 15.7 Å². The van der Waals surface area contributed by atoms with Gasteiger partial charge in [-0.25, -0.2) is 4.39 Å². The monoisotopic (exact) mass is 286 g/mol. The van der Waals surface area contributed by atoms with Crippen molar-refractivity contribution in [3.05, 3.63) is 34.6 Å². The molecule has 1 aliphatic heterocycles. The van der Waals surface area contributed by atoms with E-state index in [0.717, 1.165) is 6.07 Å². The van der Waals surface area contributed by atoms with Crippen LogP contribution in [-0.2, 0) is 16.1 Å². The van der Waals surface area contributed by atoms with E-state index in [0.29, 0.717) is 0 Å². The minimum Gasteiger partial charge on any atom is -0.390 e. The van der Waals surface area contributed by atoms with Gasteiger partial charge >= 0.3 is 0 Å². The molecule has 0 aromatic heterocycles. The summed E-state index contributed by atoms with van der Waals surface area (Å²) in [5.41, 5.74) is 0.255. The van der Waals surface area contributed by atoms with Gasteiger partial charge in [0, 0.05) is 23.7 Å². The summed E-state index contributed by atoms with van der Waals surface area (Å²) in [6, 6.07) is 4.09. The molecule has 0 radical (unpaired) electrons. The Labute approximate surface area is 113 Å². The molecule has 1 aromatic carbocycles. The number of aliphatic hydroxyl groups excluding tert-OH is 1. The molecule has 5 nitrogen and oxygen atoms in total. The Morgan fingerprint density at radius 1 is 1.58 bits per heavy atom. The zero-order chi connectivity index (χ0) is 14.0. The largest absolute Gasteiger partial charge is 0.390 e. The lowest BCUT2D eigenvalue weighted by atomic mass is 10.0. The molecule has 1 heterocycles. The van der Waals surface area contributed by atoms with Crippen molar-refractivity contribution < 1.29 is 19.1 Å². The summed E-state index contributed by atoms with van der Waals surface area (Å²) in [4.78, 5) is 23.1. The summed E-state index contributed by atoms with van der Waals surface area (Å²) in [5.74, 6) is -2.84. The molecule has 2 rings (SSSR count). The number of β-amino-alcohol motifs (C(OH)–C–C–N with tert-alkyl or cyclic N) is 1. The van der Waals surface area contributed by atoms with Crippen LogP contribution in [0, 0.1) is 11.7 Å². The van der Waals surface area contributed by atoms with Crippen LogP contribution >= 0.6 is 11.6 Å². The van der Waals surface area contributed by atoms with E-state index in [1.165, 1.54) is 12.1 Å². The first-order valence-corrected chi connectivity index (χ1v) is 6.04. The lowest BCUT2D eigenvalue weighted by molar-refractivity contribution is -0.135. The number of halogens is 2. The highest BCUT2D eigenvalue weighted by molar-refractivity contribution is 6.30. The van der Waals surface area contributed by atoms with Gasteiger partial charge in [0.15, 0.2) is 0 Å². The van der Waals surface area contributed by atoms with Gasteiger partial charge in [0.2, 0.25) is 11.8 Å². The third-order valence-electron chi connectivity index (χ3n) is 2.90. The molecule has 0 saturated carbocycles. The smallest absolute Gasteiger partial charge is 0.235 e. The van der Waals surface area contributed by atoms with Crippen molar-refractivity contribution in [2.45, 2.75) is 12.6 Å². The van der Waals surface area contributed by atoms with E-state index in [1.807, 2.05) is 0 Å². The second kappa shape index (κ2) is 5.54. The average Bonchev–Trinajstić information content (AvgIpc) is 2.68. The average molecular weight is 287 g/mol. The molecule has 0 bridgehead atoms. The summed E-state index contributed by atoms with van der Waals surface area (Å²) in [7, 11) is 0. The minimum absolute atomic E-state index is 0.0478. The molecule has 1 aromatic rings. The van der Waals surface area contributed by atoms with E-state index in [2.05, 4.69) is 10.6 Å². The molecule has 3 N–H and O–H groups in total. The zero-order valence-corrected chi connectivity index (χ0v) is 10.6. The predicted octanol–water partition coefficient (Wildman–Crippen LogP) is 0.202. The zero-order valence-electron chi connectivity index (χ0n) is 9.82. The Hall–Kier alpha value is -1.66. The van der Waals surface area contributed by atoms with Crippen LogP contribution in [0.3, 0.4) is 0 Å². The number of hydrogen-bond acceptors (Lipinski definition) is 3. The van der Waals surface area contributed by atoms with Crippen LogP contribution in [0.15, 0.2) is 18.2 Å². The molecule has 7 heteroatoms. The summed E-state index contributed by atoms with van der Waals surface area (Å²) >= 11 is 5.61. The highest BCUT2D eigenvalue weighted by atomic mass is 35.5. The molecule has 1 aliphatic rings. The number of benzene rings is 1. The third-order valence-corrected chi connectivity index (χ3v) is 3.14. The molecular formula is C12H12ClFN2O3. The van der Waals surface area contributed by atoms with Crippen molar-refractivity contribution in [1.82, 2.24) is 10.6 Å². The standard InChI is InChI=1S/C12H12ClFN2O3/c13-7-2-1-6(8(14)3-7)4-15-11(18)10-9(17)5-16-12(10)19/h1-3,9-10,17H,4-5H2,(H,15,18)(H,16,19). The minimum atomic E-state index is -1.14. The molecule has 0 aliphatic carbocycles. The van der Waals surface area contributed by atoms with Crippen molar-refractivity contribution in [2.24, 2.45) is 5.92 Å². The Bertz CT molecular complexity index is 524. The molecule has 1 fully saturated rings. The Balaban J connectivity index is 1.98. The maximum atomic E-state index is 13.5. The van der Waals surface area contributed by atoms with Crippen molar-refractivity contribution in [2.75, 3.05) is 6.54 Å². The van der Waals surface area contributed by atoms with E-state index in [-0.39, 0.29) is 23.7 Å². The number of carbonyl (C=O) groups excluding carboxylic acids is 2. The van der Waals surface area contributed by atoms with E-state index in [1.54, 1.807) is 0 Å². The fourth-order valence-corrected chi connectivity index (χ4v) is 2.02. The third kappa shape index (κ3) is 3.02. The van der Waals surface area contributed by atoms with Gasteiger partial charge in [0.25, 0.3) is 0 Å². The normalized spacial score (nSPS) is 22.2. The second-order valence-electron chi connectivity index (χ2n) is 4.24. The molecule has 102 valence electrons. The lowest BCUT2D eigenvalue weighted by Gasteiger charge is -2.12. The first kappa shape index (κ1) is 13.8. The number of nitrogens with one attached hydrogen (secondary N) is 2. The highest BCUT2D eigenvalue weighted by Gasteiger charge is 2.38. The van der Waals surface area contributed by atoms with Crippen molar-refractivity contribution >= 4 is 23.4 Å². The molecule has 2 amide bonds. The number of amides is 2. The highest BCUT2D eigenvalue weighted by Crippen LogP contribution is 2.15. The number of hydrogen-bond donors (Lipinski definition) is 3. The summed E-state index contributed by atoms with van der Waals surface area (Å²) in [6.45, 7) is -0.0233. The van der Waals surface area contributed by atoms with Crippen LogP contribution in [0.2, 0.25) is 5.02 Å². The molecular weight excluding hydrogens is 275 g/mol. The van der Waals surface area contributed by atoms with Gasteiger partial charge in [0.1, 0.15) is 11.7 Å². The van der Waals surface area contributed by atoms with Gasteiger partial charge in [-0.05, 0) is 12.1 Å². The number of carbonyl (C=O) groups is 2. The number of rotatable bonds is 3. The van der Waals surface area contributed by atoms with Crippen LogP contribution in [0.4, 0.5) is 4.39 Å². The van der Waals surface area contributed by atoms with Crippen molar-refractivity contribution in [3.8, 4) is 0 Å². The van der Waals surface area contributed by atoms with Crippen molar-refractivity contribution in [1.29, 1.82) is 0 Å². The first-order chi connectivity index (χ1) is 8.99. The fraction of sp³-hybridized carbons (Fsp3) is 0.333. The van der Waals surface area contributed by atoms with Crippen molar-refractivity contribution in [3.63, 3.8) is 0 Å². The maximum absolute atomic E-state index is 13.5. The summed E-state index contributed by atoms with van der Waals surface area (Å²) in [5, 5.41) is 14.5. The molecule has 1 saturated heterocycles. The van der Waals surface area contributed by atoms with Crippen LogP contribution in [0.5, 0.6) is 0 Å². The van der Waals surface area contributed by atoms with E-state index in [9.17, 15) is 19.1 Å². The van der Waals surface area contributed by atoms with Crippen LogP contribution in [0.1, 0.15) is 5.56 Å². The van der Waals surface area contributed by atoms with E-state index >= 15 is 0 Å². The van der Waals surface area contributed by atoms with E-state index < -0.39 is 29.7 Å². The van der Waals surface area contributed by atoms with Crippen LogP contribution in [-0.4, -0.2) is 29.6 Å². The first-order valence-electron chi connectivity index (χ1n) is 5.66. The Kier molecular flexibility index (Phi) is 4.01. The maximum Gasteiger partial charge on any atom is 0.235 e. The predicted molar refractivity (Wildman–Crippen MR) is 65.8 cm³/mol. The van der Waals surface area contributed by atoms with Gasteiger partial charge in [-0.15, -0.1) is 0 Å². The van der Waals surface area contributed by atoms with Gasteiger partial charge in [-0.1, -0.05) is 17.7 Å². The van der Waals surface area contributed by atoms with Crippen LogP contribution in [0.25, 0.3) is 0 Å². The quantitative estimate of drug-likeness (QED) is 0.695. The van der Waals surface area contributed by atoms with Crippen LogP contribution < -0.4 is 10.6 Å². The topological polar surface area (TPSA) is 78.4 Å². The number of aliphatic hydroxyl groups is 1. The molecule has 2 unspecified atom stereocenters. The Morgan fingerprint density at radius 3 is 2.89 bits per heavy atom. The SMILES string of the molecule is O=C(NCc1ccc(Cl)cc1F)C1C(=O)NCC1O. The van der Waals surface area contributed by atoms with E-state index in [4.69, 9.17) is 11.6 Å².